The van der Waals surface area contributed by atoms with E-state index in [1.165, 1.54) is 4.90 Å². The summed E-state index contributed by atoms with van der Waals surface area (Å²) in [6.07, 6.45) is 0. The molecular weight excluding hydrogens is 368 g/mol. The van der Waals surface area contributed by atoms with Crippen LogP contribution in [0.4, 0.5) is 17.1 Å². The maximum Gasteiger partial charge on any atom is 0.292 e. The molecule has 0 aliphatic carbocycles. The van der Waals surface area contributed by atoms with Gasteiger partial charge in [0, 0.05) is 23.3 Å². The van der Waals surface area contributed by atoms with E-state index in [-0.39, 0.29) is 10.6 Å². The van der Waals surface area contributed by atoms with Crippen molar-refractivity contribution in [3.05, 3.63) is 57.6 Å². The zero-order valence-electron chi connectivity index (χ0n) is 15.3. The molecule has 1 heterocycles. The maximum atomic E-state index is 11.3. The first-order valence-corrected chi connectivity index (χ1v) is 9.37. The summed E-state index contributed by atoms with van der Waals surface area (Å²) in [6.45, 7) is 4.87. The number of nitrogens with zero attached hydrogens (tertiary/aromatic N) is 2. The molecule has 2 aromatic rings. The predicted octanol–water partition coefficient (Wildman–Crippen LogP) is 2.07. The molecule has 0 spiro atoms. The highest BCUT2D eigenvalue weighted by Crippen LogP contribution is 2.29. The van der Waals surface area contributed by atoms with Gasteiger partial charge in [-0.05, 0) is 36.4 Å². The number of ether oxygens (including phenoxy) is 1. The fraction of sp³-hybridized carbons (Fsp3) is 0.368. The summed E-state index contributed by atoms with van der Waals surface area (Å²) in [7, 11) is 2.18. The molecule has 0 radical (unpaired) electrons. The molecule has 1 saturated heterocycles. The Morgan fingerprint density at radius 1 is 1.22 bits per heavy atom. The number of halogens is 1. The van der Waals surface area contributed by atoms with Crippen LogP contribution in [0.15, 0.2) is 42.5 Å². The summed E-state index contributed by atoms with van der Waals surface area (Å²) in [5.41, 5.74) is 1.60. The van der Waals surface area contributed by atoms with Crippen molar-refractivity contribution in [3.63, 3.8) is 0 Å². The van der Waals surface area contributed by atoms with Gasteiger partial charge in [0.1, 0.15) is 18.0 Å². The van der Waals surface area contributed by atoms with E-state index < -0.39 is 0 Å². The van der Waals surface area contributed by atoms with Gasteiger partial charge < -0.3 is 19.9 Å². The number of quaternary nitrogens is 1. The molecule has 1 aliphatic rings. The maximum absolute atomic E-state index is 11.3. The molecule has 0 saturated carbocycles. The first kappa shape index (κ1) is 19.3. The number of benzene rings is 2. The number of rotatable bonds is 7. The van der Waals surface area contributed by atoms with Crippen molar-refractivity contribution in [3.8, 4) is 5.75 Å². The number of anilines is 2. The van der Waals surface area contributed by atoms with Gasteiger partial charge in [-0.2, -0.15) is 0 Å². The molecule has 7 nitrogen and oxygen atoms in total. The van der Waals surface area contributed by atoms with Gasteiger partial charge in [-0.25, -0.2) is 0 Å². The molecule has 0 aromatic heterocycles. The number of nitro benzene ring substituents is 1. The Morgan fingerprint density at radius 2 is 1.93 bits per heavy atom. The second-order valence-electron chi connectivity index (χ2n) is 6.63. The molecule has 1 fully saturated rings. The van der Waals surface area contributed by atoms with E-state index in [0.29, 0.717) is 29.6 Å². The van der Waals surface area contributed by atoms with Crippen LogP contribution < -0.4 is 19.9 Å². The molecular formula is C19H24ClN4O3+. The number of hydrogen-bond acceptors (Lipinski definition) is 5. The van der Waals surface area contributed by atoms with Gasteiger partial charge in [-0.3, -0.25) is 10.1 Å². The quantitative estimate of drug-likeness (QED) is 0.429. The van der Waals surface area contributed by atoms with Crippen LogP contribution in [-0.2, 0) is 0 Å². The summed E-state index contributed by atoms with van der Waals surface area (Å²) < 4.78 is 5.64. The minimum absolute atomic E-state index is 0.0741. The fourth-order valence-corrected chi connectivity index (χ4v) is 3.18. The van der Waals surface area contributed by atoms with Crippen molar-refractivity contribution in [2.75, 3.05) is 56.6 Å². The van der Waals surface area contributed by atoms with Crippen LogP contribution in [0.25, 0.3) is 0 Å². The van der Waals surface area contributed by atoms with Crippen molar-refractivity contribution < 1.29 is 14.6 Å². The van der Waals surface area contributed by atoms with Crippen LogP contribution in [0.5, 0.6) is 5.75 Å². The minimum Gasteiger partial charge on any atom is -0.492 e. The summed E-state index contributed by atoms with van der Waals surface area (Å²) in [5.74, 6) is 0.712. The summed E-state index contributed by atoms with van der Waals surface area (Å²) >= 11 is 5.85. The van der Waals surface area contributed by atoms with Gasteiger partial charge in [0.05, 0.1) is 38.2 Å². The Balaban J connectivity index is 1.62. The molecule has 2 aromatic carbocycles. The molecule has 1 aliphatic heterocycles. The lowest BCUT2D eigenvalue weighted by molar-refractivity contribution is -0.880. The third-order valence-corrected chi connectivity index (χ3v) is 4.91. The number of nitrogens with one attached hydrogen (secondary N) is 2. The Morgan fingerprint density at radius 3 is 2.59 bits per heavy atom. The van der Waals surface area contributed by atoms with Crippen molar-refractivity contribution in [2.24, 2.45) is 0 Å². The SMILES string of the molecule is C[NH+]1CCN(c2ccc([N+](=O)[O-])c(NCCOc3ccc(Cl)cc3)c2)CC1. The van der Waals surface area contributed by atoms with Gasteiger partial charge in [0.15, 0.2) is 0 Å². The largest absolute Gasteiger partial charge is 0.492 e. The highest BCUT2D eigenvalue weighted by atomic mass is 35.5. The highest BCUT2D eigenvalue weighted by Gasteiger charge is 2.20. The molecule has 0 bridgehead atoms. The van der Waals surface area contributed by atoms with E-state index in [1.807, 2.05) is 12.1 Å². The van der Waals surface area contributed by atoms with Crippen LogP contribution in [0, 0.1) is 10.1 Å². The molecule has 27 heavy (non-hydrogen) atoms. The predicted molar refractivity (Wildman–Crippen MR) is 107 cm³/mol. The van der Waals surface area contributed by atoms with Crippen molar-refractivity contribution in [1.29, 1.82) is 0 Å². The standard InChI is InChI=1S/C19H23ClN4O3/c1-22-9-11-23(12-10-22)16-4-7-19(24(25)26)18(14-16)21-8-13-27-17-5-2-15(20)3-6-17/h2-7,14,21H,8-13H2,1H3/p+1. The Hall–Kier alpha value is -2.51. The van der Waals surface area contributed by atoms with E-state index in [1.54, 1.807) is 30.3 Å². The Bertz CT molecular complexity index is 777. The molecule has 0 amide bonds. The van der Waals surface area contributed by atoms with E-state index in [0.717, 1.165) is 31.9 Å². The molecule has 144 valence electrons. The van der Waals surface area contributed by atoms with Crippen molar-refractivity contribution >= 4 is 28.7 Å². The van der Waals surface area contributed by atoms with Crippen LogP contribution in [0.3, 0.4) is 0 Å². The lowest BCUT2D eigenvalue weighted by Crippen LogP contribution is -3.12. The summed E-state index contributed by atoms with van der Waals surface area (Å²) in [6, 6.07) is 12.4. The van der Waals surface area contributed by atoms with Gasteiger partial charge in [0.25, 0.3) is 5.69 Å². The lowest BCUT2D eigenvalue weighted by atomic mass is 10.2. The zero-order chi connectivity index (χ0) is 19.2. The zero-order valence-corrected chi connectivity index (χ0v) is 16.0. The van der Waals surface area contributed by atoms with Crippen molar-refractivity contribution in [1.82, 2.24) is 0 Å². The van der Waals surface area contributed by atoms with E-state index >= 15 is 0 Å². The normalized spacial score (nSPS) is 14.8. The van der Waals surface area contributed by atoms with Gasteiger partial charge in [-0.1, -0.05) is 11.6 Å². The number of piperazine rings is 1. The van der Waals surface area contributed by atoms with Crippen LogP contribution in [-0.4, -0.2) is 51.3 Å². The molecule has 2 N–H and O–H groups in total. The van der Waals surface area contributed by atoms with Crippen LogP contribution in [0.1, 0.15) is 0 Å². The first-order valence-electron chi connectivity index (χ1n) is 9.00. The molecule has 0 atom stereocenters. The third-order valence-electron chi connectivity index (χ3n) is 4.66. The lowest BCUT2D eigenvalue weighted by Gasteiger charge is -2.32. The van der Waals surface area contributed by atoms with Gasteiger partial charge in [0.2, 0.25) is 0 Å². The second-order valence-corrected chi connectivity index (χ2v) is 7.07. The smallest absolute Gasteiger partial charge is 0.292 e. The monoisotopic (exact) mass is 391 g/mol. The van der Waals surface area contributed by atoms with E-state index in [2.05, 4.69) is 17.3 Å². The summed E-state index contributed by atoms with van der Waals surface area (Å²) in [5, 5.41) is 15.1. The Kier molecular flexibility index (Phi) is 6.36. The van der Waals surface area contributed by atoms with E-state index in [4.69, 9.17) is 16.3 Å². The van der Waals surface area contributed by atoms with Gasteiger partial charge in [-0.15, -0.1) is 0 Å². The van der Waals surface area contributed by atoms with Crippen molar-refractivity contribution in [2.45, 2.75) is 0 Å². The average Bonchev–Trinajstić information content (AvgIpc) is 2.67. The minimum atomic E-state index is -0.361. The highest BCUT2D eigenvalue weighted by molar-refractivity contribution is 6.30. The number of hydrogen-bond donors (Lipinski definition) is 2. The average molecular weight is 392 g/mol. The third kappa shape index (κ3) is 5.24. The number of nitro groups is 1. The Labute approximate surface area is 163 Å². The number of likely N-dealkylation sites (N-methyl/N-ethyl adjacent to an activating group) is 1. The van der Waals surface area contributed by atoms with Gasteiger partial charge >= 0.3 is 0 Å². The van der Waals surface area contributed by atoms with Crippen LogP contribution >= 0.6 is 11.6 Å². The topological polar surface area (TPSA) is 72.1 Å². The second kappa shape index (κ2) is 8.92. The van der Waals surface area contributed by atoms with Crippen LogP contribution in [0.2, 0.25) is 5.02 Å². The summed E-state index contributed by atoms with van der Waals surface area (Å²) in [4.78, 5) is 14.8. The fourth-order valence-electron chi connectivity index (χ4n) is 3.05. The molecule has 0 unspecified atom stereocenters. The first-order chi connectivity index (χ1) is 13.0. The van der Waals surface area contributed by atoms with E-state index in [9.17, 15) is 10.1 Å². The molecule has 3 rings (SSSR count). The molecule has 8 heteroatoms.